The van der Waals surface area contributed by atoms with Crippen molar-refractivity contribution < 1.29 is 23.2 Å². The Morgan fingerprint density at radius 3 is 2.56 bits per heavy atom. The number of H-pyrrole nitrogens is 1. The summed E-state index contributed by atoms with van der Waals surface area (Å²) in [5.74, 6) is 4.75. The summed E-state index contributed by atoms with van der Waals surface area (Å²) in [6.07, 6.45) is -4.43. The van der Waals surface area contributed by atoms with E-state index < -0.39 is 17.6 Å². The second kappa shape index (κ2) is 6.34. The van der Waals surface area contributed by atoms with Gasteiger partial charge in [-0.1, -0.05) is 18.1 Å². The average Bonchev–Trinajstić information content (AvgIpc) is 3.01. The van der Waals surface area contributed by atoms with Gasteiger partial charge in [0.05, 0.1) is 16.8 Å². The van der Waals surface area contributed by atoms with Crippen molar-refractivity contribution in [2.75, 3.05) is 0 Å². The maximum atomic E-state index is 12.7. The highest BCUT2D eigenvalue weighted by atomic mass is 19.4. The molecule has 4 nitrogen and oxygen atoms in total. The van der Waals surface area contributed by atoms with Crippen molar-refractivity contribution in [1.82, 2.24) is 10.5 Å². The van der Waals surface area contributed by atoms with Crippen LogP contribution >= 0.6 is 0 Å². The van der Waals surface area contributed by atoms with Crippen molar-refractivity contribution in [1.29, 1.82) is 0 Å². The molecule has 25 heavy (non-hydrogen) atoms. The fourth-order valence-electron chi connectivity index (χ4n) is 2.39. The molecule has 0 saturated carbocycles. The number of halogens is 3. The van der Waals surface area contributed by atoms with Gasteiger partial charge in [-0.2, -0.15) is 13.2 Å². The van der Waals surface area contributed by atoms with Crippen LogP contribution in [-0.2, 0) is 6.18 Å². The number of benzene rings is 2. The van der Waals surface area contributed by atoms with Crippen LogP contribution in [0.25, 0.3) is 10.9 Å². The Hall–Kier alpha value is -3.24. The molecule has 0 radical (unpaired) electrons. The van der Waals surface area contributed by atoms with Gasteiger partial charge in [-0.15, -0.1) is 0 Å². The van der Waals surface area contributed by atoms with Gasteiger partial charge < -0.3 is 4.98 Å². The fourth-order valence-corrected chi connectivity index (χ4v) is 2.39. The van der Waals surface area contributed by atoms with Crippen LogP contribution in [0.3, 0.4) is 0 Å². The van der Waals surface area contributed by atoms with Crippen LogP contribution in [0.15, 0.2) is 48.5 Å². The van der Waals surface area contributed by atoms with Crippen LogP contribution in [0.4, 0.5) is 13.2 Å². The number of aromatic amines is 1. The zero-order chi connectivity index (χ0) is 18.0. The molecule has 7 heteroatoms. The molecule has 0 aliphatic carbocycles. The van der Waals surface area contributed by atoms with Gasteiger partial charge in [-0.25, -0.2) is 5.48 Å². The molecule has 126 valence electrons. The van der Waals surface area contributed by atoms with Crippen molar-refractivity contribution >= 4 is 16.8 Å². The molecule has 3 rings (SSSR count). The number of rotatable bonds is 1. The lowest BCUT2D eigenvalue weighted by molar-refractivity contribution is -0.137. The van der Waals surface area contributed by atoms with Gasteiger partial charge in [-0.05, 0) is 42.3 Å². The predicted octanol–water partition coefficient (Wildman–Crippen LogP) is 3.71. The highest BCUT2D eigenvalue weighted by Gasteiger charge is 2.30. The second-order valence-corrected chi connectivity index (χ2v) is 5.22. The largest absolute Gasteiger partial charge is 0.416 e. The minimum atomic E-state index is -4.43. The summed E-state index contributed by atoms with van der Waals surface area (Å²) >= 11 is 0. The van der Waals surface area contributed by atoms with E-state index in [1.165, 1.54) is 18.2 Å². The van der Waals surface area contributed by atoms with Crippen LogP contribution in [0, 0.1) is 11.8 Å². The molecule has 0 fully saturated rings. The molecule has 0 atom stereocenters. The highest BCUT2D eigenvalue weighted by Crippen LogP contribution is 2.29. The first kappa shape index (κ1) is 16.6. The third-order valence-corrected chi connectivity index (χ3v) is 3.54. The molecule has 0 spiro atoms. The molecule has 0 aliphatic rings. The molecular formula is C18H11F3N2O2. The second-order valence-electron chi connectivity index (χ2n) is 5.22. The maximum Gasteiger partial charge on any atom is 0.416 e. The van der Waals surface area contributed by atoms with Gasteiger partial charge in [-0.3, -0.25) is 10.0 Å². The first-order chi connectivity index (χ1) is 11.9. The van der Waals surface area contributed by atoms with Crippen LogP contribution in [0.5, 0.6) is 0 Å². The minimum absolute atomic E-state index is 0.224. The number of alkyl halides is 3. The monoisotopic (exact) mass is 344 g/mol. The number of hydroxylamine groups is 1. The SMILES string of the molecule is O=C(NO)c1cccc2[nH]c(C#Cc3cccc(C(F)(F)F)c3)cc12. The van der Waals surface area contributed by atoms with Crippen LogP contribution in [0.1, 0.15) is 27.2 Å². The number of hydrogen-bond acceptors (Lipinski definition) is 2. The molecule has 1 aromatic heterocycles. The standard InChI is InChI=1S/C18H11F3N2O2/c19-18(20,21)12-4-1-3-11(9-12)7-8-13-10-15-14(17(24)23-25)5-2-6-16(15)22-13/h1-6,9-10,22,25H,(H,23,24). The van der Waals surface area contributed by atoms with E-state index in [9.17, 15) is 18.0 Å². The Morgan fingerprint density at radius 2 is 1.84 bits per heavy atom. The van der Waals surface area contributed by atoms with Crippen molar-refractivity contribution in [3.8, 4) is 11.8 Å². The van der Waals surface area contributed by atoms with E-state index in [-0.39, 0.29) is 11.1 Å². The predicted molar refractivity (Wildman–Crippen MR) is 85.0 cm³/mol. The van der Waals surface area contributed by atoms with E-state index in [1.807, 2.05) is 0 Å². The number of amides is 1. The first-order valence-corrected chi connectivity index (χ1v) is 7.14. The Morgan fingerprint density at radius 1 is 1.08 bits per heavy atom. The number of aromatic nitrogens is 1. The Kier molecular flexibility index (Phi) is 4.21. The first-order valence-electron chi connectivity index (χ1n) is 7.14. The molecule has 1 amide bonds. The summed E-state index contributed by atoms with van der Waals surface area (Å²) in [6, 6.07) is 11.2. The quantitative estimate of drug-likeness (QED) is 0.358. The molecule has 0 aliphatic heterocycles. The minimum Gasteiger partial charge on any atom is -0.348 e. The Bertz CT molecular complexity index is 1010. The zero-order valence-electron chi connectivity index (χ0n) is 12.6. The lowest BCUT2D eigenvalue weighted by Crippen LogP contribution is -2.18. The van der Waals surface area contributed by atoms with E-state index in [0.29, 0.717) is 16.6 Å². The number of carbonyl (C=O) groups excluding carboxylic acids is 1. The summed E-state index contributed by atoms with van der Waals surface area (Å²) in [6.45, 7) is 0. The van der Waals surface area contributed by atoms with E-state index in [1.54, 1.807) is 23.7 Å². The smallest absolute Gasteiger partial charge is 0.348 e. The molecule has 0 saturated heterocycles. The highest BCUT2D eigenvalue weighted by molar-refractivity contribution is 6.06. The van der Waals surface area contributed by atoms with E-state index in [4.69, 9.17) is 5.21 Å². The van der Waals surface area contributed by atoms with E-state index >= 15 is 0 Å². The fraction of sp³-hybridized carbons (Fsp3) is 0.0556. The van der Waals surface area contributed by atoms with Crippen LogP contribution in [-0.4, -0.2) is 16.1 Å². The Balaban J connectivity index is 1.98. The zero-order valence-corrected chi connectivity index (χ0v) is 12.6. The van der Waals surface area contributed by atoms with Gasteiger partial charge in [0, 0.05) is 16.5 Å². The molecule has 0 bridgehead atoms. The lowest BCUT2D eigenvalue weighted by atomic mass is 10.1. The molecule has 3 N–H and O–H groups in total. The van der Waals surface area contributed by atoms with Gasteiger partial charge in [0.2, 0.25) is 0 Å². The number of hydrogen-bond donors (Lipinski definition) is 3. The molecule has 3 aromatic rings. The third kappa shape index (κ3) is 3.49. The normalized spacial score (nSPS) is 11.0. The lowest BCUT2D eigenvalue weighted by Gasteiger charge is -2.05. The average molecular weight is 344 g/mol. The summed E-state index contributed by atoms with van der Waals surface area (Å²) in [7, 11) is 0. The van der Waals surface area contributed by atoms with Gasteiger partial charge in [0.15, 0.2) is 0 Å². The van der Waals surface area contributed by atoms with Crippen LogP contribution in [0.2, 0.25) is 0 Å². The van der Waals surface area contributed by atoms with Gasteiger partial charge in [0.25, 0.3) is 5.91 Å². The summed E-state index contributed by atoms with van der Waals surface area (Å²) < 4.78 is 38.1. The number of nitrogens with one attached hydrogen (secondary N) is 2. The third-order valence-electron chi connectivity index (χ3n) is 3.54. The van der Waals surface area contributed by atoms with Crippen molar-refractivity contribution in [2.45, 2.75) is 6.18 Å². The van der Waals surface area contributed by atoms with E-state index in [2.05, 4.69) is 16.8 Å². The summed E-state index contributed by atoms with van der Waals surface area (Å²) in [5, 5.41) is 9.31. The molecule has 0 unspecified atom stereocenters. The number of carbonyl (C=O) groups is 1. The summed E-state index contributed by atoms with van der Waals surface area (Å²) in [5.41, 5.74) is 2.33. The van der Waals surface area contributed by atoms with Crippen molar-refractivity contribution in [3.05, 3.63) is 70.9 Å². The van der Waals surface area contributed by atoms with Crippen molar-refractivity contribution in [2.24, 2.45) is 0 Å². The van der Waals surface area contributed by atoms with Crippen LogP contribution < -0.4 is 5.48 Å². The molecule has 1 heterocycles. The topological polar surface area (TPSA) is 65.1 Å². The van der Waals surface area contributed by atoms with Gasteiger partial charge >= 0.3 is 6.18 Å². The number of fused-ring (bicyclic) bond motifs is 1. The Labute approximate surface area is 140 Å². The maximum absolute atomic E-state index is 12.7. The van der Waals surface area contributed by atoms with E-state index in [0.717, 1.165) is 12.1 Å². The van der Waals surface area contributed by atoms with Crippen molar-refractivity contribution in [3.63, 3.8) is 0 Å². The molecular weight excluding hydrogens is 333 g/mol. The van der Waals surface area contributed by atoms with Gasteiger partial charge in [0.1, 0.15) is 0 Å². The molecule has 2 aromatic carbocycles. The summed E-state index contributed by atoms with van der Waals surface area (Å²) in [4.78, 5) is 14.6.